The maximum atomic E-state index is 12.9. The highest BCUT2D eigenvalue weighted by Crippen LogP contribution is 2.23. The Morgan fingerprint density at radius 3 is 2.32 bits per heavy atom. The van der Waals surface area contributed by atoms with E-state index in [1.54, 1.807) is 49.5 Å². The molecule has 0 unspecified atom stereocenters. The van der Waals surface area contributed by atoms with Crippen LogP contribution in [-0.2, 0) is 10.0 Å². The van der Waals surface area contributed by atoms with E-state index in [4.69, 9.17) is 0 Å². The van der Waals surface area contributed by atoms with Gasteiger partial charge in [0.25, 0.3) is 15.9 Å². The molecular formula is C21H21N3O3S. The zero-order chi connectivity index (χ0) is 20.3. The summed E-state index contributed by atoms with van der Waals surface area (Å²) in [5.74, 6) is -0.407. The lowest BCUT2D eigenvalue weighted by atomic mass is 10.1. The fraction of sp³-hybridized carbons (Fsp3) is 0.143. The number of pyridine rings is 1. The summed E-state index contributed by atoms with van der Waals surface area (Å²) in [5, 5.41) is 2.70. The molecule has 1 heterocycles. The molecule has 0 fully saturated rings. The van der Waals surface area contributed by atoms with Crippen LogP contribution in [0, 0.1) is 20.8 Å². The van der Waals surface area contributed by atoms with Crippen LogP contribution in [0.2, 0.25) is 0 Å². The molecule has 0 atom stereocenters. The first-order valence-electron chi connectivity index (χ1n) is 8.68. The van der Waals surface area contributed by atoms with Gasteiger partial charge in [0.1, 0.15) is 0 Å². The van der Waals surface area contributed by atoms with Crippen molar-refractivity contribution < 1.29 is 13.2 Å². The molecule has 7 heteroatoms. The summed E-state index contributed by atoms with van der Waals surface area (Å²) in [5.41, 5.74) is 3.87. The first-order chi connectivity index (χ1) is 13.3. The Morgan fingerprint density at radius 1 is 0.893 bits per heavy atom. The van der Waals surface area contributed by atoms with E-state index in [1.807, 2.05) is 19.9 Å². The van der Waals surface area contributed by atoms with Gasteiger partial charge in [0.2, 0.25) is 0 Å². The number of rotatable bonds is 5. The summed E-state index contributed by atoms with van der Waals surface area (Å²) in [7, 11) is -3.84. The molecule has 1 aromatic heterocycles. The molecule has 3 aromatic rings. The first-order valence-corrected chi connectivity index (χ1v) is 10.2. The van der Waals surface area contributed by atoms with Gasteiger partial charge < -0.3 is 5.32 Å². The van der Waals surface area contributed by atoms with Crippen LogP contribution in [0.15, 0.2) is 65.8 Å². The Balaban J connectivity index is 1.89. The Hall–Kier alpha value is -3.19. The number of hydrogen-bond donors (Lipinski definition) is 2. The number of nitrogens with one attached hydrogen (secondary N) is 2. The van der Waals surface area contributed by atoms with Crippen molar-refractivity contribution in [3.63, 3.8) is 0 Å². The van der Waals surface area contributed by atoms with Gasteiger partial charge in [-0.2, -0.15) is 0 Å². The molecule has 2 N–H and O–H groups in total. The standard InChI is InChI=1S/C21H21N3O3S/c1-14-7-9-18(11-16(14)3)24-28(26,27)20-12-17(8-6-15(20)2)21(25)23-19-5-4-10-22-13-19/h4-13,24H,1-3H3,(H,23,25). The van der Waals surface area contributed by atoms with Gasteiger partial charge in [-0.05, 0) is 73.9 Å². The average molecular weight is 395 g/mol. The van der Waals surface area contributed by atoms with Gasteiger partial charge in [-0.25, -0.2) is 8.42 Å². The average Bonchev–Trinajstić information content (AvgIpc) is 2.65. The van der Waals surface area contributed by atoms with Crippen LogP contribution in [0.25, 0.3) is 0 Å². The van der Waals surface area contributed by atoms with E-state index in [0.717, 1.165) is 11.1 Å². The number of benzene rings is 2. The molecule has 2 aromatic carbocycles. The molecule has 0 saturated heterocycles. The Labute approximate surface area is 164 Å². The SMILES string of the molecule is Cc1ccc(NS(=O)(=O)c2cc(C(=O)Nc3cccnc3)ccc2C)cc1C. The molecule has 0 bridgehead atoms. The van der Waals surface area contributed by atoms with Gasteiger partial charge in [0, 0.05) is 17.4 Å². The lowest BCUT2D eigenvalue weighted by Gasteiger charge is -2.13. The van der Waals surface area contributed by atoms with Crippen molar-refractivity contribution in [2.45, 2.75) is 25.7 Å². The minimum atomic E-state index is -3.84. The maximum absolute atomic E-state index is 12.9. The molecule has 28 heavy (non-hydrogen) atoms. The summed E-state index contributed by atoms with van der Waals surface area (Å²) in [4.78, 5) is 16.5. The van der Waals surface area contributed by atoms with Crippen LogP contribution in [-0.4, -0.2) is 19.3 Å². The highest BCUT2D eigenvalue weighted by molar-refractivity contribution is 7.92. The second-order valence-electron chi connectivity index (χ2n) is 6.58. The Morgan fingerprint density at radius 2 is 1.64 bits per heavy atom. The van der Waals surface area contributed by atoms with E-state index in [1.165, 1.54) is 12.3 Å². The number of carbonyl (C=O) groups is 1. The van der Waals surface area contributed by atoms with Crippen LogP contribution < -0.4 is 10.0 Å². The zero-order valence-corrected chi connectivity index (χ0v) is 16.7. The molecule has 0 saturated carbocycles. The Kier molecular flexibility index (Phi) is 5.46. The number of sulfonamides is 1. The lowest BCUT2D eigenvalue weighted by Crippen LogP contribution is -2.17. The molecule has 144 valence electrons. The molecule has 0 aliphatic carbocycles. The predicted molar refractivity (Wildman–Crippen MR) is 110 cm³/mol. The van der Waals surface area contributed by atoms with Crippen LogP contribution in [0.5, 0.6) is 0 Å². The van der Waals surface area contributed by atoms with Gasteiger partial charge in [-0.1, -0.05) is 12.1 Å². The Bertz CT molecular complexity index is 1130. The van der Waals surface area contributed by atoms with Crippen molar-refractivity contribution in [2.75, 3.05) is 10.0 Å². The molecule has 0 aliphatic rings. The summed E-state index contributed by atoms with van der Waals surface area (Å²) in [6, 6.07) is 13.4. The van der Waals surface area contributed by atoms with E-state index in [2.05, 4.69) is 15.0 Å². The molecule has 1 amide bonds. The topological polar surface area (TPSA) is 88.2 Å². The monoisotopic (exact) mass is 395 g/mol. The largest absolute Gasteiger partial charge is 0.321 e. The third kappa shape index (κ3) is 4.37. The molecule has 0 aliphatic heterocycles. The number of anilines is 2. The minimum absolute atomic E-state index is 0.0598. The fourth-order valence-electron chi connectivity index (χ4n) is 2.69. The maximum Gasteiger partial charge on any atom is 0.262 e. The van der Waals surface area contributed by atoms with E-state index in [-0.39, 0.29) is 10.5 Å². The highest BCUT2D eigenvalue weighted by atomic mass is 32.2. The second kappa shape index (κ2) is 7.82. The van der Waals surface area contributed by atoms with Gasteiger partial charge in [-0.3, -0.25) is 14.5 Å². The number of aromatic nitrogens is 1. The lowest BCUT2D eigenvalue weighted by molar-refractivity contribution is 0.102. The summed E-state index contributed by atoms with van der Waals surface area (Å²) in [6.07, 6.45) is 3.12. The number of nitrogens with zero attached hydrogens (tertiary/aromatic N) is 1. The third-order valence-corrected chi connectivity index (χ3v) is 5.94. The van der Waals surface area contributed by atoms with Crippen LogP contribution in [0.3, 0.4) is 0 Å². The van der Waals surface area contributed by atoms with Crippen LogP contribution in [0.1, 0.15) is 27.0 Å². The first kappa shape index (κ1) is 19.6. The van der Waals surface area contributed by atoms with Crippen LogP contribution >= 0.6 is 0 Å². The van der Waals surface area contributed by atoms with Gasteiger partial charge in [0.05, 0.1) is 16.8 Å². The molecule has 6 nitrogen and oxygen atoms in total. The van der Waals surface area contributed by atoms with Crippen LogP contribution in [0.4, 0.5) is 11.4 Å². The van der Waals surface area contributed by atoms with Crippen molar-refractivity contribution in [3.05, 3.63) is 83.2 Å². The fourth-order valence-corrected chi connectivity index (χ4v) is 4.01. The normalized spacial score (nSPS) is 11.1. The van der Waals surface area contributed by atoms with Crippen molar-refractivity contribution in [1.82, 2.24) is 4.98 Å². The third-order valence-electron chi connectivity index (χ3n) is 4.42. The number of hydrogen-bond acceptors (Lipinski definition) is 4. The number of carbonyl (C=O) groups excluding carboxylic acids is 1. The minimum Gasteiger partial charge on any atom is -0.321 e. The number of aryl methyl sites for hydroxylation is 3. The van der Waals surface area contributed by atoms with Crippen molar-refractivity contribution >= 4 is 27.3 Å². The van der Waals surface area contributed by atoms with E-state index < -0.39 is 15.9 Å². The molecular weight excluding hydrogens is 374 g/mol. The number of amides is 1. The smallest absolute Gasteiger partial charge is 0.262 e. The summed E-state index contributed by atoms with van der Waals surface area (Å²) >= 11 is 0. The predicted octanol–water partition coefficient (Wildman–Crippen LogP) is 4.06. The molecule has 3 rings (SSSR count). The highest BCUT2D eigenvalue weighted by Gasteiger charge is 2.19. The zero-order valence-electron chi connectivity index (χ0n) is 15.9. The van der Waals surface area contributed by atoms with Gasteiger partial charge >= 0.3 is 0 Å². The van der Waals surface area contributed by atoms with Crippen molar-refractivity contribution in [2.24, 2.45) is 0 Å². The van der Waals surface area contributed by atoms with E-state index >= 15 is 0 Å². The van der Waals surface area contributed by atoms with E-state index in [0.29, 0.717) is 16.9 Å². The van der Waals surface area contributed by atoms with Crippen molar-refractivity contribution in [1.29, 1.82) is 0 Å². The second-order valence-corrected chi connectivity index (χ2v) is 8.23. The molecule has 0 spiro atoms. The van der Waals surface area contributed by atoms with Crippen molar-refractivity contribution in [3.8, 4) is 0 Å². The van der Waals surface area contributed by atoms with E-state index in [9.17, 15) is 13.2 Å². The quantitative estimate of drug-likeness (QED) is 0.682. The molecule has 0 radical (unpaired) electrons. The summed E-state index contributed by atoms with van der Waals surface area (Å²) < 4.78 is 28.4. The van der Waals surface area contributed by atoms with Gasteiger partial charge in [-0.15, -0.1) is 0 Å². The summed E-state index contributed by atoms with van der Waals surface area (Å²) in [6.45, 7) is 5.57. The van der Waals surface area contributed by atoms with Gasteiger partial charge in [0.15, 0.2) is 0 Å².